The van der Waals surface area contributed by atoms with Gasteiger partial charge in [-0.05, 0) is 36.9 Å². The smallest absolute Gasteiger partial charge is 0.118 e. The lowest BCUT2D eigenvalue weighted by molar-refractivity contribution is 0.314. The fraction of sp³-hybridized carbons (Fsp3) is 0.312. The summed E-state index contributed by atoms with van der Waals surface area (Å²) in [5.41, 5.74) is 8.84. The van der Waals surface area contributed by atoms with Crippen molar-refractivity contribution in [2.24, 2.45) is 5.73 Å². The normalized spacial score (nSPS) is 10.8. The van der Waals surface area contributed by atoms with Crippen LogP contribution >= 0.6 is 0 Å². The largest absolute Gasteiger partial charge is 0.497 e. The number of nitrogens with zero attached hydrogens (tertiary/aromatic N) is 2. The molecule has 1 aromatic carbocycles. The molecule has 0 saturated heterocycles. The van der Waals surface area contributed by atoms with Crippen molar-refractivity contribution in [1.29, 1.82) is 0 Å². The zero-order chi connectivity index (χ0) is 14.4. The Morgan fingerprint density at radius 2 is 1.75 bits per heavy atom. The molecule has 0 aliphatic heterocycles. The Bertz CT molecular complexity index is 540. The summed E-state index contributed by atoms with van der Waals surface area (Å²) in [5, 5.41) is 0. The number of aromatic nitrogens is 1. The highest BCUT2D eigenvalue weighted by molar-refractivity contribution is 5.27. The van der Waals surface area contributed by atoms with Crippen LogP contribution in [0.25, 0.3) is 0 Å². The van der Waals surface area contributed by atoms with Crippen LogP contribution < -0.4 is 10.5 Å². The van der Waals surface area contributed by atoms with E-state index in [0.717, 1.165) is 30.2 Å². The van der Waals surface area contributed by atoms with Gasteiger partial charge in [0.1, 0.15) is 5.75 Å². The molecular formula is C16H21N3O. The van der Waals surface area contributed by atoms with Gasteiger partial charge < -0.3 is 10.5 Å². The molecule has 1 heterocycles. The molecule has 4 heteroatoms. The molecule has 0 unspecified atom stereocenters. The Hall–Kier alpha value is -1.91. The number of hydrogen-bond acceptors (Lipinski definition) is 4. The monoisotopic (exact) mass is 271 g/mol. The quantitative estimate of drug-likeness (QED) is 0.875. The molecule has 0 aliphatic rings. The van der Waals surface area contributed by atoms with Crippen LogP contribution in [0, 0.1) is 0 Å². The molecule has 2 N–H and O–H groups in total. The zero-order valence-corrected chi connectivity index (χ0v) is 12.0. The van der Waals surface area contributed by atoms with Gasteiger partial charge in [-0.25, -0.2) is 0 Å². The van der Waals surface area contributed by atoms with Crippen molar-refractivity contribution >= 4 is 0 Å². The van der Waals surface area contributed by atoms with Crippen LogP contribution in [0.2, 0.25) is 0 Å². The molecule has 1 aromatic heterocycles. The third kappa shape index (κ3) is 4.05. The van der Waals surface area contributed by atoms with Gasteiger partial charge >= 0.3 is 0 Å². The van der Waals surface area contributed by atoms with E-state index in [1.54, 1.807) is 7.11 Å². The van der Waals surface area contributed by atoms with Crippen LogP contribution in [0.5, 0.6) is 5.75 Å². The van der Waals surface area contributed by atoms with Gasteiger partial charge in [0.2, 0.25) is 0 Å². The summed E-state index contributed by atoms with van der Waals surface area (Å²) in [6.45, 7) is 2.16. The first kappa shape index (κ1) is 14.5. The average Bonchev–Trinajstić information content (AvgIpc) is 2.48. The molecule has 0 atom stereocenters. The van der Waals surface area contributed by atoms with E-state index < -0.39 is 0 Å². The summed E-state index contributed by atoms with van der Waals surface area (Å²) >= 11 is 0. The minimum atomic E-state index is 0.482. The highest BCUT2D eigenvalue weighted by atomic mass is 16.5. The van der Waals surface area contributed by atoms with Crippen molar-refractivity contribution in [3.8, 4) is 5.75 Å². The van der Waals surface area contributed by atoms with Gasteiger partial charge in [-0.3, -0.25) is 9.88 Å². The van der Waals surface area contributed by atoms with Crippen molar-refractivity contribution in [1.82, 2.24) is 9.88 Å². The van der Waals surface area contributed by atoms with Gasteiger partial charge in [-0.2, -0.15) is 0 Å². The molecule has 106 valence electrons. The Balaban J connectivity index is 1.95. The molecule has 0 saturated carbocycles. The fourth-order valence-electron chi connectivity index (χ4n) is 2.11. The lowest BCUT2D eigenvalue weighted by Crippen LogP contribution is -2.18. The van der Waals surface area contributed by atoms with E-state index >= 15 is 0 Å². The molecule has 20 heavy (non-hydrogen) atoms. The number of hydrogen-bond donors (Lipinski definition) is 1. The van der Waals surface area contributed by atoms with Crippen molar-refractivity contribution in [2.75, 3.05) is 14.2 Å². The first-order valence-corrected chi connectivity index (χ1v) is 6.67. The number of nitrogens with two attached hydrogens (primary N) is 1. The maximum Gasteiger partial charge on any atom is 0.118 e. The van der Waals surface area contributed by atoms with E-state index in [1.165, 1.54) is 5.56 Å². The Morgan fingerprint density at radius 1 is 1.05 bits per heavy atom. The molecule has 0 spiro atoms. The lowest BCUT2D eigenvalue weighted by Gasteiger charge is -2.16. The molecule has 0 fully saturated rings. The minimum Gasteiger partial charge on any atom is -0.497 e. The topological polar surface area (TPSA) is 51.4 Å². The molecular weight excluding hydrogens is 250 g/mol. The van der Waals surface area contributed by atoms with Gasteiger partial charge in [0.15, 0.2) is 0 Å². The van der Waals surface area contributed by atoms with E-state index in [4.69, 9.17) is 10.5 Å². The van der Waals surface area contributed by atoms with E-state index in [-0.39, 0.29) is 0 Å². The molecule has 4 nitrogen and oxygen atoms in total. The highest BCUT2D eigenvalue weighted by Crippen LogP contribution is 2.13. The lowest BCUT2D eigenvalue weighted by atomic mass is 10.2. The Morgan fingerprint density at radius 3 is 2.40 bits per heavy atom. The highest BCUT2D eigenvalue weighted by Gasteiger charge is 2.04. The third-order valence-electron chi connectivity index (χ3n) is 3.12. The molecule has 0 bridgehead atoms. The van der Waals surface area contributed by atoms with Crippen molar-refractivity contribution in [2.45, 2.75) is 19.6 Å². The zero-order valence-electron chi connectivity index (χ0n) is 12.0. The SMILES string of the molecule is COc1ccc(CN(C)Cc2cccc(CN)n2)cc1. The first-order valence-electron chi connectivity index (χ1n) is 6.67. The molecule has 0 amide bonds. The Labute approximate surface area is 120 Å². The maximum atomic E-state index is 5.61. The predicted octanol–water partition coefficient (Wildman–Crippen LogP) is 2.18. The van der Waals surface area contributed by atoms with Gasteiger partial charge in [0, 0.05) is 19.6 Å². The van der Waals surface area contributed by atoms with Crippen LogP contribution in [0.4, 0.5) is 0 Å². The standard InChI is InChI=1S/C16H21N3O/c1-19(11-13-6-8-16(20-2)9-7-13)12-15-5-3-4-14(10-17)18-15/h3-9H,10-12,17H2,1-2H3. The van der Waals surface area contributed by atoms with Crippen molar-refractivity contribution in [3.63, 3.8) is 0 Å². The summed E-state index contributed by atoms with van der Waals surface area (Å²) in [6.07, 6.45) is 0. The van der Waals surface area contributed by atoms with Crippen molar-refractivity contribution in [3.05, 3.63) is 59.4 Å². The fourth-order valence-corrected chi connectivity index (χ4v) is 2.11. The first-order chi connectivity index (χ1) is 9.71. The summed E-state index contributed by atoms with van der Waals surface area (Å²) in [7, 11) is 3.76. The molecule has 2 aromatic rings. The summed E-state index contributed by atoms with van der Waals surface area (Å²) in [5.74, 6) is 0.883. The number of methoxy groups -OCH3 is 1. The average molecular weight is 271 g/mol. The number of pyridine rings is 1. The van der Waals surface area contributed by atoms with E-state index in [1.807, 2.05) is 30.3 Å². The second-order valence-electron chi connectivity index (χ2n) is 4.84. The van der Waals surface area contributed by atoms with Gasteiger partial charge in [0.25, 0.3) is 0 Å². The van der Waals surface area contributed by atoms with Crippen LogP contribution in [0.15, 0.2) is 42.5 Å². The van der Waals surface area contributed by atoms with E-state index in [9.17, 15) is 0 Å². The molecule has 0 aliphatic carbocycles. The maximum absolute atomic E-state index is 5.61. The second kappa shape index (κ2) is 7.03. The third-order valence-corrected chi connectivity index (χ3v) is 3.12. The molecule has 0 radical (unpaired) electrons. The minimum absolute atomic E-state index is 0.482. The van der Waals surface area contributed by atoms with Crippen LogP contribution in [0.1, 0.15) is 17.0 Å². The van der Waals surface area contributed by atoms with Crippen molar-refractivity contribution < 1.29 is 4.74 Å². The van der Waals surface area contributed by atoms with Gasteiger partial charge in [0.05, 0.1) is 18.5 Å². The van der Waals surface area contributed by atoms with Crippen LogP contribution in [-0.2, 0) is 19.6 Å². The number of ether oxygens (including phenoxy) is 1. The number of rotatable bonds is 6. The van der Waals surface area contributed by atoms with Gasteiger partial charge in [-0.15, -0.1) is 0 Å². The summed E-state index contributed by atoms with van der Waals surface area (Å²) in [6, 6.07) is 14.1. The second-order valence-corrected chi connectivity index (χ2v) is 4.84. The molecule has 2 rings (SSSR count). The predicted molar refractivity (Wildman–Crippen MR) is 80.3 cm³/mol. The van der Waals surface area contributed by atoms with Gasteiger partial charge in [-0.1, -0.05) is 18.2 Å². The summed E-state index contributed by atoms with van der Waals surface area (Å²) < 4.78 is 5.16. The summed E-state index contributed by atoms with van der Waals surface area (Å²) in [4.78, 5) is 6.74. The van der Waals surface area contributed by atoms with Crippen LogP contribution in [-0.4, -0.2) is 24.0 Å². The van der Waals surface area contributed by atoms with Crippen LogP contribution in [0.3, 0.4) is 0 Å². The Kier molecular flexibility index (Phi) is 5.09. The number of benzene rings is 1. The van der Waals surface area contributed by atoms with E-state index in [0.29, 0.717) is 6.54 Å². The van der Waals surface area contributed by atoms with E-state index in [2.05, 4.69) is 29.1 Å².